The molecule has 1 heterocycles. The third kappa shape index (κ3) is 2.15. The summed E-state index contributed by atoms with van der Waals surface area (Å²) in [7, 11) is 0. The molecule has 0 saturated heterocycles. The van der Waals surface area contributed by atoms with Gasteiger partial charge in [-0.1, -0.05) is 13.3 Å². The molecule has 1 atom stereocenters. The van der Waals surface area contributed by atoms with E-state index in [1.165, 1.54) is 0 Å². The Bertz CT molecular complexity index is 560. The summed E-state index contributed by atoms with van der Waals surface area (Å²) in [6.07, 6.45) is -5.97. The van der Waals surface area contributed by atoms with E-state index in [2.05, 4.69) is 5.10 Å². The third-order valence-electron chi connectivity index (χ3n) is 4.53. The summed E-state index contributed by atoms with van der Waals surface area (Å²) in [6.45, 7) is 1.98. The first-order valence-electron chi connectivity index (χ1n) is 6.89. The number of hydrogen-bond donors (Lipinski definition) is 1. The largest absolute Gasteiger partial charge is 0.435 e. The van der Waals surface area contributed by atoms with Crippen LogP contribution in [0.2, 0.25) is 0 Å². The summed E-state index contributed by atoms with van der Waals surface area (Å²) in [5.41, 5.74) is -2.28. The lowest BCUT2D eigenvalue weighted by Gasteiger charge is -2.35. The summed E-state index contributed by atoms with van der Waals surface area (Å²) in [5, 5.41) is 13.0. The average molecular weight is 310 g/mol. The van der Waals surface area contributed by atoms with Crippen molar-refractivity contribution in [3.8, 4) is 0 Å². The van der Waals surface area contributed by atoms with Gasteiger partial charge in [-0.25, -0.2) is 8.78 Å². The van der Waals surface area contributed by atoms with Crippen molar-refractivity contribution in [3.05, 3.63) is 17.0 Å². The van der Waals surface area contributed by atoms with Crippen LogP contribution in [-0.2, 0) is 12.6 Å². The van der Waals surface area contributed by atoms with Gasteiger partial charge >= 0.3 is 6.18 Å². The number of halogens is 5. The Kier molecular flexibility index (Phi) is 3.10. The fourth-order valence-electron chi connectivity index (χ4n) is 3.22. The highest BCUT2D eigenvalue weighted by molar-refractivity contribution is 5.38. The zero-order chi connectivity index (χ0) is 15.6. The standard InChI is InChI=1S/C13H15F5N2O/c1-2-6-3-7(4-6)20-8-5-12(14,15)11(21)9(8)10(19-20)13(16,17)18/h6-7,11,21H,2-5H2,1H3/t6-,7-,11-/m0/s1. The van der Waals surface area contributed by atoms with Crippen molar-refractivity contribution in [1.82, 2.24) is 9.78 Å². The molecule has 0 radical (unpaired) electrons. The number of fused-ring (bicyclic) bond motifs is 1. The summed E-state index contributed by atoms with van der Waals surface area (Å²) >= 11 is 0. The van der Waals surface area contributed by atoms with Crippen molar-refractivity contribution in [2.75, 3.05) is 0 Å². The van der Waals surface area contributed by atoms with Crippen molar-refractivity contribution < 1.29 is 27.1 Å². The molecule has 0 unspecified atom stereocenters. The van der Waals surface area contributed by atoms with Gasteiger partial charge < -0.3 is 5.11 Å². The number of rotatable bonds is 2. The van der Waals surface area contributed by atoms with Crippen LogP contribution in [0.5, 0.6) is 0 Å². The normalized spacial score (nSPS) is 31.1. The predicted molar refractivity (Wildman–Crippen MR) is 62.9 cm³/mol. The lowest BCUT2D eigenvalue weighted by molar-refractivity contribution is -0.146. The van der Waals surface area contributed by atoms with E-state index in [1.807, 2.05) is 6.92 Å². The van der Waals surface area contributed by atoms with Crippen LogP contribution in [0.1, 0.15) is 55.3 Å². The van der Waals surface area contributed by atoms with Gasteiger partial charge in [0.15, 0.2) is 5.69 Å². The van der Waals surface area contributed by atoms with E-state index >= 15 is 0 Å². The number of aromatic nitrogens is 2. The Balaban J connectivity index is 2.03. The molecule has 1 saturated carbocycles. The van der Waals surface area contributed by atoms with Crippen LogP contribution in [0.25, 0.3) is 0 Å². The Morgan fingerprint density at radius 2 is 1.95 bits per heavy atom. The predicted octanol–water partition coefficient (Wildman–Crippen LogP) is 3.49. The van der Waals surface area contributed by atoms with Gasteiger partial charge in [0.1, 0.15) is 6.10 Å². The summed E-state index contributed by atoms with van der Waals surface area (Å²) in [6, 6.07) is -0.277. The molecule has 1 N–H and O–H groups in total. The monoisotopic (exact) mass is 310 g/mol. The van der Waals surface area contributed by atoms with Gasteiger partial charge in [-0.05, 0) is 18.8 Å². The number of alkyl halides is 5. The number of hydrogen-bond acceptors (Lipinski definition) is 2. The molecule has 0 spiro atoms. The van der Waals surface area contributed by atoms with E-state index in [1.54, 1.807) is 0 Å². The number of aliphatic hydroxyl groups excluding tert-OH is 1. The molecular weight excluding hydrogens is 295 g/mol. The number of nitrogens with zero attached hydrogens (tertiary/aromatic N) is 2. The Hall–Kier alpha value is -1.18. The minimum absolute atomic E-state index is 0.167. The Labute approximate surface area is 117 Å². The van der Waals surface area contributed by atoms with Gasteiger partial charge in [-0.2, -0.15) is 18.3 Å². The molecule has 1 fully saturated rings. The van der Waals surface area contributed by atoms with Crippen LogP contribution in [0, 0.1) is 5.92 Å². The summed E-state index contributed by atoms with van der Waals surface area (Å²) < 4.78 is 67.2. The molecule has 1 aromatic rings. The zero-order valence-corrected chi connectivity index (χ0v) is 11.3. The second-order valence-electron chi connectivity index (χ2n) is 5.89. The molecule has 2 aliphatic carbocycles. The fraction of sp³-hybridized carbons (Fsp3) is 0.769. The van der Waals surface area contributed by atoms with Crippen molar-refractivity contribution in [1.29, 1.82) is 0 Å². The van der Waals surface area contributed by atoms with E-state index in [9.17, 15) is 27.1 Å². The molecule has 0 aromatic carbocycles. The minimum atomic E-state index is -4.84. The van der Waals surface area contributed by atoms with Gasteiger partial charge in [0.25, 0.3) is 5.92 Å². The number of aliphatic hydroxyl groups is 1. The Morgan fingerprint density at radius 3 is 2.48 bits per heavy atom. The van der Waals surface area contributed by atoms with E-state index in [0.29, 0.717) is 18.8 Å². The van der Waals surface area contributed by atoms with Crippen LogP contribution in [0.3, 0.4) is 0 Å². The smallest absolute Gasteiger partial charge is 0.382 e. The quantitative estimate of drug-likeness (QED) is 0.849. The molecule has 0 amide bonds. The molecule has 3 nitrogen and oxygen atoms in total. The molecule has 1 aromatic heterocycles. The lowest BCUT2D eigenvalue weighted by Crippen LogP contribution is -2.30. The van der Waals surface area contributed by atoms with Crippen molar-refractivity contribution in [3.63, 3.8) is 0 Å². The molecule has 118 valence electrons. The van der Waals surface area contributed by atoms with Gasteiger partial charge in [0.05, 0.1) is 18.2 Å². The van der Waals surface area contributed by atoms with E-state index < -0.39 is 35.9 Å². The topological polar surface area (TPSA) is 38.0 Å². The van der Waals surface area contributed by atoms with E-state index in [4.69, 9.17) is 0 Å². The van der Waals surface area contributed by atoms with Gasteiger partial charge in [-0.15, -0.1) is 0 Å². The highest BCUT2D eigenvalue weighted by atomic mass is 19.4. The Morgan fingerprint density at radius 1 is 1.33 bits per heavy atom. The molecule has 3 rings (SSSR count). The maximum absolute atomic E-state index is 13.6. The molecule has 2 aliphatic rings. The van der Waals surface area contributed by atoms with Gasteiger partial charge in [0.2, 0.25) is 0 Å². The highest BCUT2D eigenvalue weighted by Gasteiger charge is 2.55. The molecule has 0 bridgehead atoms. The zero-order valence-electron chi connectivity index (χ0n) is 11.3. The average Bonchev–Trinajstić information content (AvgIpc) is 2.75. The molecular formula is C13H15F5N2O. The van der Waals surface area contributed by atoms with Crippen LogP contribution >= 0.6 is 0 Å². The van der Waals surface area contributed by atoms with Crippen molar-refractivity contribution >= 4 is 0 Å². The van der Waals surface area contributed by atoms with Crippen molar-refractivity contribution in [2.24, 2.45) is 5.92 Å². The third-order valence-corrected chi connectivity index (χ3v) is 4.53. The fourth-order valence-corrected chi connectivity index (χ4v) is 3.22. The summed E-state index contributed by atoms with van der Waals surface area (Å²) in [5.74, 6) is -3.17. The van der Waals surface area contributed by atoms with E-state index in [0.717, 1.165) is 11.1 Å². The first-order valence-corrected chi connectivity index (χ1v) is 6.89. The van der Waals surface area contributed by atoms with Crippen LogP contribution in [0.15, 0.2) is 0 Å². The van der Waals surface area contributed by atoms with Gasteiger partial charge in [0, 0.05) is 5.56 Å². The van der Waals surface area contributed by atoms with E-state index in [-0.39, 0.29) is 11.7 Å². The first-order chi connectivity index (χ1) is 9.65. The second kappa shape index (κ2) is 4.41. The SMILES string of the molecule is CC[C@H]1C[C@H](n2nc(C(F)(F)F)c3c2CC(F)(F)[C@H]3O)C1. The van der Waals surface area contributed by atoms with Crippen LogP contribution in [-0.4, -0.2) is 20.8 Å². The maximum atomic E-state index is 13.6. The second-order valence-corrected chi connectivity index (χ2v) is 5.89. The first kappa shape index (κ1) is 14.7. The molecule has 21 heavy (non-hydrogen) atoms. The van der Waals surface area contributed by atoms with Crippen molar-refractivity contribution in [2.45, 2.75) is 56.9 Å². The minimum Gasteiger partial charge on any atom is -0.382 e. The highest BCUT2D eigenvalue weighted by Crippen LogP contribution is 2.50. The van der Waals surface area contributed by atoms with Crippen LogP contribution < -0.4 is 0 Å². The molecule has 8 heteroatoms. The molecule has 0 aliphatic heterocycles. The van der Waals surface area contributed by atoms with Crippen LogP contribution in [0.4, 0.5) is 22.0 Å². The van der Waals surface area contributed by atoms with Gasteiger partial charge in [-0.3, -0.25) is 4.68 Å². The maximum Gasteiger partial charge on any atom is 0.435 e. The summed E-state index contributed by atoms with van der Waals surface area (Å²) in [4.78, 5) is 0. The lowest BCUT2D eigenvalue weighted by atomic mass is 9.78.